The Labute approximate surface area is 131 Å². The quantitative estimate of drug-likeness (QED) is 0.769. The van der Waals surface area contributed by atoms with Crippen LogP contribution in [0.5, 0.6) is 0 Å². The molecule has 6 heteroatoms. The molecular formula is C17H15N3O3. The minimum absolute atomic E-state index is 0.134. The van der Waals surface area contributed by atoms with Gasteiger partial charge in [-0.3, -0.25) is 14.6 Å². The van der Waals surface area contributed by atoms with Gasteiger partial charge in [0.05, 0.1) is 0 Å². The highest BCUT2D eigenvalue weighted by Gasteiger charge is 2.06. The summed E-state index contributed by atoms with van der Waals surface area (Å²) >= 11 is 0. The molecule has 0 saturated carbocycles. The van der Waals surface area contributed by atoms with Gasteiger partial charge in [-0.2, -0.15) is 0 Å². The van der Waals surface area contributed by atoms with Crippen molar-refractivity contribution in [3.05, 3.63) is 75.6 Å². The Balaban J connectivity index is 1.72. The molecule has 23 heavy (non-hydrogen) atoms. The fourth-order valence-corrected chi connectivity index (χ4v) is 2.39. The third-order valence-electron chi connectivity index (χ3n) is 3.54. The number of hydrogen-bond acceptors (Lipinski definition) is 3. The number of aromatic nitrogens is 2. The van der Waals surface area contributed by atoms with Gasteiger partial charge in [-0.1, -0.05) is 36.4 Å². The number of nitrogens with zero attached hydrogens (tertiary/aromatic N) is 1. The summed E-state index contributed by atoms with van der Waals surface area (Å²) in [5.41, 5.74) is -0.233. The minimum atomic E-state index is -0.518. The molecule has 3 aromatic rings. The van der Waals surface area contributed by atoms with Gasteiger partial charge in [0, 0.05) is 36.3 Å². The van der Waals surface area contributed by atoms with Gasteiger partial charge >= 0.3 is 5.69 Å². The molecule has 2 aromatic carbocycles. The maximum atomic E-state index is 12.1. The first-order chi connectivity index (χ1) is 11.1. The molecule has 0 saturated heterocycles. The maximum Gasteiger partial charge on any atom is 0.328 e. The van der Waals surface area contributed by atoms with Gasteiger partial charge in [-0.25, -0.2) is 4.79 Å². The number of carbonyl (C=O) groups is 1. The predicted octanol–water partition coefficient (Wildman–Crippen LogP) is 1.72. The van der Waals surface area contributed by atoms with E-state index in [-0.39, 0.29) is 18.9 Å². The lowest BCUT2D eigenvalue weighted by atomic mass is 10.1. The van der Waals surface area contributed by atoms with E-state index in [0.29, 0.717) is 0 Å². The van der Waals surface area contributed by atoms with Crippen molar-refractivity contribution in [2.75, 3.05) is 5.32 Å². The number of hydrogen-bond donors (Lipinski definition) is 2. The van der Waals surface area contributed by atoms with E-state index in [4.69, 9.17) is 0 Å². The lowest BCUT2D eigenvalue weighted by molar-refractivity contribution is -0.116. The van der Waals surface area contributed by atoms with Crippen molar-refractivity contribution in [1.82, 2.24) is 9.55 Å². The third-order valence-corrected chi connectivity index (χ3v) is 3.54. The molecule has 0 fully saturated rings. The zero-order valence-corrected chi connectivity index (χ0v) is 12.3. The molecule has 1 amide bonds. The summed E-state index contributed by atoms with van der Waals surface area (Å²) in [4.78, 5) is 36.8. The zero-order valence-electron chi connectivity index (χ0n) is 12.3. The van der Waals surface area contributed by atoms with E-state index in [1.165, 1.54) is 16.8 Å². The Kier molecular flexibility index (Phi) is 4.05. The van der Waals surface area contributed by atoms with Crippen LogP contribution in [-0.4, -0.2) is 15.5 Å². The van der Waals surface area contributed by atoms with Crippen LogP contribution in [0, 0.1) is 0 Å². The smallest absolute Gasteiger partial charge is 0.325 e. The van der Waals surface area contributed by atoms with Gasteiger partial charge in [-0.05, 0) is 11.5 Å². The van der Waals surface area contributed by atoms with Crippen LogP contribution in [0.3, 0.4) is 0 Å². The molecule has 6 nitrogen and oxygen atoms in total. The fraction of sp³-hybridized carbons (Fsp3) is 0.118. The minimum Gasteiger partial charge on any atom is -0.325 e. The summed E-state index contributed by atoms with van der Waals surface area (Å²) in [6.45, 7) is 0.201. The molecule has 1 aromatic heterocycles. The second-order valence-corrected chi connectivity index (χ2v) is 5.13. The van der Waals surface area contributed by atoms with Crippen molar-refractivity contribution >= 4 is 22.4 Å². The number of nitrogens with one attached hydrogen (secondary N) is 2. The van der Waals surface area contributed by atoms with Crippen molar-refractivity contribution in [1.29, 1.82) is 0 Å². The average Bonchev–Trinajstić information content (AvgIpc) is 2.54. The first-order valence-electron chi connectivity index (χ1n) is 7.21. The molecule has 1 heterocycles. The van der Waals surface area contributed by atoms with Crippen LogP contribution in [0.1, 0.15) is 6.42 Å². The molecule has 0 aliphatic carbocycles. The zero-order chi connectivity index (χ0) is 16.2. The number of aryl methyl sites for hydroxylation is 1. The Hall–Kier alpha value is -3.15. The number of carbonyl (C=O) groups excluding carboxylic acids is 1. The van der Waals surface area contributed by atoms with E-state index in [1.54, 1.807) is 0 Å². The van der Waals surface area contributed by atoms with Gasteiger partial charge in [0.2, 0.25) is 5.91 Å². The molecule has 0 aliphatic heterocycles. The van der Waals surface area contributed by atoms with Gasteiger partial charge in [-0.15, -0.1) is 0 Å². The topological polar surface area (TPSA) is 84.0 Å². The highest BCUT2D eigenvalue weighted by molar-refractivity contribution is 6.02. The molecule has 2 N–H and O–H groups in total. The van der Waals surface area contributed by atoms with Crippen molar-refractivity contribution in [3.63, 3.8) is 0 Å². The van der Waals surface area contributed by atoms with Gasteiger partial charge in [0.15, 0.2) is 0 Å². The molecule has 0 spiro atoms. The van der Waals surface area contributed by atoms with Crippen LogP contribution in [0.25, 0.3) is 10.8 Å². The van der Waals surface area contributed by atoms with Crippen LogP contribution in [-0.2, 0) is 11.3 Å². The number of aromatic amines is 1. The Morgan fingerprint density at radius 2 is 1.83 bits per heavy atom. The van der Waals surface area contributed by atoms with Crippen LogP contribution >= 0.6 is 0 Å². The van der Waals surface area contributed by atoms with Crippen LogP contribution in [0.4, 0.5) is 5.69 Å². The maximum absolute atomic E-state index is 12.1. The van der Waals surface area contributed by atoms with Gasteiger partial charge in [0.1, 0.15) is 0 Å². The predicted molar refractivity (Wildman–Crippen MR) is 88.5 cm³/mol. The molecule has 0 atom stereocenters. The van der Waals surface area contributed by atoms with E-state index >= 15 is 0 Å². The number of amides is 1. The van der Waals surface area contributed by atoms with Gasteiger partial charge < -0.3 is 9.88 Å². The summed E-state index contributed by atoms with van der Waals surface area (Å²) in [6, 6.07) is 14.7. The van der Waals surface area contributed by atoms with Crippen molar-refractivity contribution in [3.8, 4) is 0 Å². The summed E-state index contributed by atoms with van der Waals surface area (Å²) in [5.74, 6) is -0.195. The summed E-state index contributed by atoms with van der Waals surface area (Å²) in [5, 5.41) is 4.87. The highest BCUT2D eigenvalue weighted by atomic mass is 16.2. The van der Waals surface area contributed by atoms with E-state index in [0.717, 1.165) is 16.5 Å². The van der Waals surface area contributed by atoms with Crippen LogP contribution in [0.15, 0.2) is 64.3 Å². The molecular weight excluding hydrogens is 294 g/mol. The standard InChI is InChI=1S/C17H15N3O3/c21-15(8-10-20-11-9-16(22)19-17(20)23)18-14-7-3-5-12-4-1-2-6-13(12)14/h1-7,9,11H,8,10H2,(H,18,21)(H,19,22,23). The summed E-state index contributed by atoms with van der Waals surface area (Å²) in [6.07, 6.45) is 1.52. The molecule has 0 bridgehead atoms. The molecule has 0 radical (unpaired) electrons. The number of benzene rings is 2. The second-order valence-electron chi connectivity index (χ2n) is 5.13. The van der Waals surface area contributed by atoms with Crippen molar-refractivity contribution < 1.29 is 4.79 Å². The molecule has 116 valence electrons. The lowest BCUT2D eigenvalue weighted by Gasteiger charge is -2.09. The van der Waals surface area contributed by atoms with E-state index < -0.39 is 11.2 Å². The first-order valence-corrected chi connectivity index (χ1v) is 7.21. The molecule has 0 aliphatic rings. The lowest BCUT2D eigenvalue weighted by Crippen LogP contribution is -2.29. The number of anilines is 1. The SMILES string of the molecule is O=C(CCn1ccc(=O)[nH]c1=O)Nc1cccc2ccccc12. The van der Waals surface area contributed by atoms with Crippen LogP contribution in [0.2, 0.25) is 0 Å². The van der Waals surface area contributed by atoms with E-state index in [1.807, 2.05) is 42.5 Å². The number of rotatable bonds is 4. The largest absolute Gasteiger partial charge is 0.328 e. The Morgan fingerprint density at radius 3 is 2.65 bits per heavy atom. The Morgan fingerprint density at radius 1 is 1.04 bits per heavy atom. The van der Waals surface area contributed by atoms with E-state index in [9.17, 15) is 14.4 Å². The van der Waals surface area contributed by atoms with E-state index in [2.05, 4.69) is 10.3 Å². The Bertz CT molecular complexity index is 967. The number of H-pyrrole nitrogens is 1. The fourth-order valence-electron chi connectivity index (χ4n) is 2.39. The monoisotopic (exact) mass is 309 g/mol. The van der Waals surface area contributed by atoms with Crippen molar-refractivity contribution in [2.45, 2.75) is 13.0 Å². The third kappa shape index (κ3) is 3.37. The highest BCUT2D eigenvalue weighted by Crippen LogP contribution is 2.22. The molecule has 0 unspecified atom stereocenters. The number of fused-ring (bicyclic) bond motifs is 1. The average molecular weight is 309 g/mol. The summed E-state index contributed by atoms with van der Waals surface area (Å²) in [7, 11) is 0. The summed E-state index contributed by atoms with van der Waals surface area (Å²) < 4.78 is 1.30. The van der Waals surface area contributed by atoms with Gasteiger partial charge in [0.25, 0.3) is 5.56 Å². The van der Waals surface area contributed by atoms with Crippen LogP contribution < -0.4 is 16.6 Å². The van der Waals surface area contributed by atoms with Crippen molar-refractivity contribution in [2.24, 2.45) is 0 Å². The normalized spacial score (nSPS) is 10.6. The second kappa shape index (κ2) is 6.31. The first kappa shape index (κ1) is 14.8. The molecule has 3 rings (SSSR count).